The molecule has 19 heavy (non-hydrogen) atoms. The van der Waals surface area contributed by atoms with Crippen LogP contribution in [0.5, 0.6) is 0 Å². The van der Waals surface area contributed by atoms with Crippen molar-refractivity contribution in [3.8, 4) is 0 Å². The largest absolute Gasteiger partial charge is 0.359 e. The van der Waals surface area contributed by atoms with Crippen LogP contribution in [0.2, 0.25) is 0 Å². The van der Waals surface area contributed by atoms with Crippen molar-refractivity contribution in [2.75, 3.05) is 0 Å². The van der Waals surface area contributed by atoms with Crippen LogP contribution in [-0.2, 0) is 4.79 Å². The third-order valence-electron chi connectivity index (χ3n) is 3.04. The fourth-order valence-electron chi connectivity index (χ4n) is 2.13. The zero-order chi connectivity index (χ0) is 13.4. The fourth-order valence-corrected chi connectivity index (χ4v) is 2.77. The van der Waals surface area contributed by atoms with Gasteiger partial charge in [-0.15, -0.1) is 0 Å². The lowest BCUT2D eigenvalue weighted by Crippen LogP contribution is -2.13. The molecule has 96 valence electrons. The highest BCUT2D eigenvalue weighted by Crippen LogP contribution is 2.20. The number of thiophene rings is 1. The Morgan fingerprint density at radius 3 is 2.84 bits per heavy atom. The van der Waals surface area contributed by atoms with E-state index in [0.29, 0.717) is 11.3 Å². The molecule has 1 aliphatic heterocycles. The molecule has 0 radical (unpaired) electrons. The smallest absolute Gasteiger partial charge is 0.273 e. The van der Waals surface area contributed by atoms with Gasteiger partial charge in [-0.3, -0.25) is 4.79 Å². The molecule has 0 unspecified atom stereocenters. The summed E-state index contributed by atoms with van der Waals surface area (Å²) in [4.78, 5) is 15.1. The van der Waals surface area contributed by atoms with Gasteiger partial charge in [-0.25, -0.2) is 5.43 Å². The van der Waals surface area contributed by atoms with E-state index in [1.54, 1.807) is 11.3 Å². The number of hydrazone groups is 1. The lowest BCUT2D eigenvalue weighted by molar-refractivity contribution is -0.116. The Morgan fingerprint density at radius 2 is 2.21 bits per heavy atom. The van der Waals surface area contributed by atoms with Crippen LogP contribution in [0.1, 0.15) is 22.5 Å². The number of aryl methyl sites for hydroxylation is 2. The van der Waals surface area contributed by atoms with Crippen LogP contribution in [0.25, 0.3) is 6.08 Å². The van der Waals surface area contributed by atoms with Crippen LogP contribution in [-0.4, -0.2) is 16.6 Å². The minimum absolute atomic E-state index is 0.159. The first-order valence-corrected chi connectivity index (χ1v) is 6.88. The van der Waals surface area contributed by atoms with Crippen LogP contribution < -0.4 is 5.43 Å². The number of carbonyl (C=O) groups excluding carboxylic acids is 1. The Labute approximate surface area is 114 Å². The minimum atomic E-state index is -0.159. The van der Waals surface area contributed by atoms with Gasteiger partial charge in [-0.1, -0.05) is 0 Å². The van der Waals surface area contributed by atoms with E-state index in [1.165, 1.54) is 0 Å². The lowest BCUT2D eigenvalue weighted by atomic mass is 10.0. The first kappa shape index (κ1) is 11.9. The Hall–Kier alpha value is -2.14. The molecule has 2 aromatic rings. The maximum atomic E-state index is 11.9. The standard InChI is InChI=1S/C14H13N3OS/c1-8-5-9(2)15-12(8)6-11-13(16-17-14(11)18)10-3-4-19-7-10/h3-7,15H,1-2H3,(H,17,18)/b11-6-. The molecule has 0 aromatic carbocycles. The number of carbonyl (C=O) groups is 1. The topological polar surface area (TPSA) is 57.2 Å². The van der Waals surface area contributed by atoms with Gasteiger partial charge in [0.15, 0.2) is 0 Å². The molecule has 1 aliphatic rings. The van der Waals surface area contributed by atoms with Crippen molar-refractivity contribution in [2.45, 2.75) is 13.8 Å². The fraction of sp³-hybridized carbons (Fsp3) is 0.143. The number of aromatic amines is 1. The molecule has 0 spiro atoms. The Balaban J connectivity index is 2.05. The Morgan fingerprint density at radius 1 is 1.37 bits per heavy atom. The molecule has 0 saturated carbocycles. The lowest BCUT2D eigenvalue weighted by Gasteiger charge is -1.99. The van der Waals surface area contributed by atoms with Gasteiger partial charge in [0.05, 0.1) is 5.57 Å². The number of rotatable bonds is 2. The second-order valence-corrected chi connectivity index (χ2v) is 5.30. The van der Waals surface area contributed by atoms with Crippen LogP contribution in [0.4, 0.5) is 0 Å². The van der Waals surface area contributed by atoms with E-state index in [1.807, 2.05) is 36.7 Å². The van der Waals surface area contributed by atoms with Crippen molar-refractivity contribution in [3.05, 3.63) is 51.0 Å². The minimum Gasteiger partial charge on any atom is -0.359 e. The molecule has 0 fully saturated rings. The van der Waals surface area contributed by atoms with Gasteiger partial charge in [-0.2, -0.15) is 16.4 Å². The highest BCUT2D eigenvalue weighted by Gasteiger charge is 2.24. The van der Waals surface area contributed by atoms with Gasteiger partial charge in [0.2, 0.25) is 0 Å². The summed E-state index contributed by atoms with van der Waals surface area (Å²) >= 11 is 1.59. The van der Waals surface area contributed by atoms with E-state index in [0.717, 1.165) is 22.5 Å². The SMILES string of the molecule is Cc1cc(C)c(/C=C2\C(=O)NN=C2c2ccsc2)[nH]1. The molecular formula is C14H13N3OS. The van der Waals surface area contributed by atoms with Crippen LogP contribution >= 0.6 is 11.3 Å². The molecule has 0 bridgehead atoms. The van der Waals surface area contributed by atoms with E-state index in [4.69, 9.17) is 0 Å². The Bertz CT molecular complexity index is 692. The number of hydrogen-bond donors (Lipinski definition) is 2. The normalized spacial score (nSPS) is 16.8. The molecule has 0 saturated heterocycles. The second kappa shape index (κ2) is 4.51. The number of amides is 1. The van der Waals surface area contributed by atoms with Gasteiger partial charge in [-0.05, 0) is 43.0 Å². The molecule has 4 nitrogen and oxygen atoms in total. The van der Waals surface area contributed by atoms with Gasteiger partial charge in [0, 0.05) is 22.3 Å². The summed E-state index contributed by atoms with van der Waals surface area (Å²) in [5, 5.41) is 8.08. The molecule has 2 aromatic heterocycles. The zero-order valence-electron chi connectivity index (χ0n) is 10.7. The average molecular weight is 271 g/mol. The molecule has 3 rings (SSSR count). The highest BCUT2D eigenvalue weighted by molar-refractivity contribution is 7.08. The summed E-state index contributed by atoms with van der Waals surface area (Å²) in [5.74, 6) is -0.159. The Kier molecular flexibility index (Phi) is 2.83. The summed E-state index contributed by atoms with van der Waals surface area (Å²) in [6.07, 6.45) is 1.86. The van der Waals surface area contributed by atoms with Gasteiger partial charge >= 0.3 is 0 Å². The van der Waals surface area contributed by atoms with E-state index >= 15 is 0 Å². The van der Waals surface area contributed by atoms with Crippen molar-refractivity contribution >= 4 is 29.0 Å². The van der Waals surface area contributed by atoms with Crippen LogP contribution in [0, 0.1) is 13.8 Å². The maximum absolute atomic E-state index is 11.9. The molecule has 0 atom stereocenters. The molecule has 1 amide bonds. The van der Waals surface area contributed by atoms with Crippen molar-refractivity contribution in [1.82, 2.24) is 10.4 Å². The third kappa shape index (κ3) is 2.13. The average Bonchev–Trinajstić information content (AvgIpc) is 3.04. The van der Waals surface area contributed by atoms with E-state index in [9.17, 15) is 4.79 Å². The molecule has 2 N–H and O–H groups in total. The van der Waals surface area contributed by atoms with E-state index in [-0.39, 0.29) is 5.91 Å². The predicted molar refractivity (Wildman–Crippen MR) is 77.2 cm³/mol. The summed E-state index contributed by atoms with van der Waals surface area (Å²) in [7, 11) is 0. The van der Waals surface area contributed by atoms with Crippen molar-refractivity contribution in [2.24, 2.45) is 5.10 Å². The maximum Gasteiger partial charge on any atom is 0.273 e. The summed E-state index contributed by atoms with van der Waals surface area (Å²) in [6, 6.07) is 4.02. The second-order valence-electron chi connectivity index (χ2n) is 4.52. The molecular weight excluding hydrogens is 258 g/mol. The van der Waals surface area contributed by atoms with Crippen molar-refractivity contribution < 1.29 is 4.79 Å². The third-order valence-corrected chi connectivity index (χ3v) is 3.73. The van der Waals surface area contributed by atoms with Gasteiger partial charge < -0.3 is 4.98 Å². The number of nitrogens with zero attached hydrogens (tertiary/aromatic N) is 1. The first-order chi connectivity index (χ1) is 9.15. The van der Waals surface area contributed by atoms with Gasteiger partial charge in [0.25, 0.3) is 5.91 Å². The zero-order valence-corrected chi connectivity index (χ0v) is 11.5. The number of nitrogens with one attached hydrogen (secondary N) is 2. The van der Waals surface area contributed by atoms with Gasteiger partial charge in [0.1, 0.15) is 5.71 Å². The summed E-state index contributed by atoms with van der Waals surface area (Å²) in [6.45, 7) is 4.02. The van der Waals surface area contributed by atoms with Crippen LogP contribution in [0.3, 0.4) is 0 Å². The number of aromatic nitrogens is 1. The van der Waals surface area contributed by atoms with E-state index < -0.39 is 0 Å². The summed E-state index contributed by atoms with van der Waals surface area (Å²) < 4.78 is 0. The highest BCUT2D eigenvalue weighted by atomic mass is 32.1. The molecule has 5 heteroatoms. The quantitative estimate of drug-likeness (QED) is 0.810. The van der Waals surface area contributed by atoms with Crippen molar-refractivity contribution in [3.63, 3.8) is 0 Å². The monoisotopic (exact) mass is 271 g/mol. The predicted octanol–water partition coefficient (Wildman–Crippen LogP) is 2.61. The number of hydrogen-bond acceptors (Lipinski definition) is 3. The van der Waals surface area contributed by atoms with Crippen LogP contribution in [0.15, 0.2) is 33.6 Å². The molecule has 3 heterocycles. The first-order valence-electron chi connectivity index (χ1n) is 5.94. The van der Waals surface area contributed by atoms with E-state index in [2.05, 4.69) is 21.6 Å². The number of H-pyrrole nitrogens is 1. The molecule has 0 aliphatic carbocycles. The van der Waals surface area contributed by atoms with Crippen molar-refractivity contribution in [1.29, 1.82) is 0 Å². The summed E-state index contributed by atoms with van der Waals surface area (Å²) in [5.41, 5.74) is 7.95.